The van der Waals surface area contributed by atoms with E-state index in [4.69, 9.17) is 18.6 Å². The summed E-state index contributed by atoms with van der Waals surface area (Å²) in [6, 6.07) is 45.0. The van der Waals surface area contributed by atoms with E-state index in [1.54, 1.807) is 0 Å². The van der Waals surface area contributed by atoms with Gasteiger partial charge in [0.25, 0.3) is 0 Å². The Morgan fingerprint density at radius 1 is 0.398 bits per heavy atom. The normalized spacial score (nSPS) is 13.5. The first-order valence-electron chi connectivity index (χ1n) is 31.4. The molecule has 1 aliphatic carbocycles. The largest absolute Gasteiger partial charge is 2.00 e. The summed E-state index contributed by atoms with van der Waals surface area (Å²) in [5.41, 5.74) is 22.5. The van der Waals surface area contributed by atoms with Crippen molar-refractivity contribution >= 4 is 82.0 Å². The molecule has 0 aliphatic heterocycles. The number of rotatable bonds is 19. The van der Waals surface area contributed by atoms with Gasteiger partial charge in [-0.1, -0.05) is 177 Å². The van der Waals surface area contributed by atoms with E-state index in [1.807, 2.05) is 0 Å². The summed E-state index contributed by atoms with van der Waals surface area (Å²) in [4.78, 5) is 9.53. The molecule has 0 saturated carbocycles. The molecule has 8 rings (SSSR count). The maximum atomic E-state index is 8.49. The van der Waals surface area contributed by atoms with Gasteiger partial charge in [0.05, 0.1) is 0 Å². The predicted molar refractivity (Wildman–Crippen MR) is 372 cm³/mol. The molecular formula is C76H101ClN4O4P2Rh. The summed E-state index contributed by atoms with van der Waals surface area (Å²) < 4.78 is 34.0. The summed E-state index contributed by atoms with van der Waals surface area (Å²) in [7, 11) is 10.7. The van der Waals surface area contributed by atoms with Gasteiger partial charge >= 0.3 is 19.5 Å². The van der Waals surface area contributed by atoms with E-state index in [2.05, 4.69) is 308 Å². The van der Waals surface area contributed by atoms with Gasteiger partial charge in [-0.2, -0.15) is 5.66 Å². The molecule has 12 heteroatoms. The maximum Gasteiger partial charge on any atom is 2.00 e. The molecule has 8 nitrogen and oxygen atoms in total. The zero-order valence-corrected chi connectivity index (χ0v) is 61.5. The molecular weight excluding hydrogens is 1230 g/mol. The fourth-order valence-corrected chi connectivity index (χ4v) is 18.6. The van der Waals surface area contributed by atoms with Gasteiger partial charge in [-0.25, -0.2) is 30.8 Å². The number of nitrogens with zero attached hydrogens (tertiary/aromatic N) is 4. The molecule has 7 aromatic carbocycles. The molecule has 1 unspecified atom stereocenters. The Bertz CT molecular complexity index is 3310. The van der Waals surface area contributed by atoms with Crippen LogP contribution in [0, 0.1) is 15.9 Å². The quantitative estimate of drug-likeness (QED) is 0.0448. The fraction of sp³-hybridized carbons (Fsp3) is 0.434. The Morgan fingerprint density at radius 3 is 1.01 bits per heavy atom. The average Bonchev–Trinajstić information content (AvgIpc) is 3.61. The molecule has 0 amide bonds. The van der Waals surface area contributed by atoms with Crippen LogP contribution in [0.4, 0.5) is 22.7 Å². The van der Waals surface area contributed by atoms with Crippen LogP contribution < -0.4 is 64.8 Å². The molecule has 0 saturated heterocycles. The zero-order valence-electron chi connectivity index (χ0n) is 57.3. The summed E-state index contributed by atoms with van der Waals surface area (Å²) in [6.07, 6.45) is 5.08. The predicted octanol–water partition coefficient (Wildman–Crippen LogP) is 13.9. The Labute approximate surface area is 548 Å². The average molecular weight is 1330 g/mol. The summed E-state index contributed by atoms with van der Waals surface area (Å²) in [6.45, 7) is 38.4. The van der Waals surface area contributed by atoms with Crippen LogP contribution in [-0.2, 0) is 19.5 Å². The molecule has 7 aromatic rings. The number of hydrogen-bond acceptors (Lipinski definition) is 8. The minimum absolute atomic E-state index is 0. The molecule has 1 aliphatic rings. The van der Waals surface area contributed by atoms with Crippen LogP contribution in [-0.4, -0.2) is 56.4 Å². The van der Waals surface area contributed by atoms with Crippen LogP contribution in [0.5, 0.6) is 0 Å². The first kappa shape index (κ1) is 72.3. The third-order valence-electron chi connectivity index (χ3n) is 17.2. The minimum Gasteiger partial charge on any atom is -0.377 e. The van der Waals surface area contributed by atoms with E-state index in [0.717, 1.165) is 0 Å². The number of hydrogen-bond donors (Lipinski definition) is 0. The third-order valence-corrected chi connectivity index (χ3v) is 22.1. The van der Waals surface area contributed by atoms with Crippen LogP contribution in [0.15, 0.2) is 115 Å². The molecule has 1 atom stereocenters. The summed E-state index contributed by atoms with van der Waals surface area (Å²) in [5.74, 6) is 2.54. The van der Waals surface area contributed by atoms with Crippen LogP contribution in [0.3, 0.4) is 0 Å². The van der Waals surface area contributed by atoms with Gasteiger partial charge in [-0.3, -0.25) is 0 Å². The first-order valence-corrected chi connectivity index (χ1v) is 35.4. The third kappa shape index (κ3) is 15.6. The number of anilines is 4. The second-order valence-electron chi connectivity index (χ2n) is 27.3. The van der Waals surface area contributed by atoms with E-state index in [-0.39, 0.29) is 25.4 Å². The second-order valence-corrected chi connectivity index (χ2v) is 32.5. The molecule has 475 valence electrons. The standard InChI is InChI=1S/C76H101N4P2.ClHO4.Rh/c1-45(2)61-37-55(38-62(46(3)4)73(61)77(17)18)81(56-39-63(47(5)6)74(78(19)20)64(40-56)48(7)8)69-35-33-53-29-25-27-31-59(53)71(69)72-60-32-28-26-30-54(60)34-36-70(72)82(57-41-65(49(9)10)75(79(21)22)66(42-57)50(11)12)58-43-67(51(13)14)76(80(23)24)68(44-58)52(15)16;2-1(3,4)5;/h25-52,71H,1-24H3;(H,2,3,4,5);/q-1;;+2/p-1. The van der Waals surface area contributed by atoms with Crippen molar-refractivity contribution in [2.24, 2.45) is 0 Å². The number of benzene rings is 7. The van der Waals surface area contributed by atoms with Gasteiger partial charge in [0.1, 0.15) is 0 Å². The Hall–Kier alpha value is -4.78. The van der Waals surface area contributed by atoms with Gasteiger partial charge < -0.3 is 19.6 Å². The van der Waals surface area contributed by atoms with E-state index < -0.39 is 26.1 Å². The Kier molecular flexibility index (Phi) is 24.4. The van der Waals surface area contributed by atoms with Gasteiger partial charge in [0, 0.05) is 79.1 Å². The second kappa shape index (κ2) is 29.7. The zero-order chi connectivity index (χ0) is 64.6. The number of allylic oxidation sites excluding steroid dienone is 1. The van der Waals surface area contributed by atoms with Crippen molar-refractivity contribution in [3.8, 4) is 0 Å². The van der Waals surface area contributed by atoms with E-state index >= 15 is 0 Å². The molecule has 88 heavy (non-hydrogen) atoms. The smallest absolute Gasteiger partial charge is 0.377 e. The van der Waals surface area contributed by atoms with Crippen LogP contribution in [0.2, 0.25) is 0 Å². The van der Waals surface area contributed by atoms with E-state index in [9.17, 15) is 0 Å². The van der Waals surface area contributed by atoms with Crippen molar-refractivity contribution in [3.05, 3.63) is 182 Å². The van der Waals surface area contributed by atoms with Crippen molar-refractivity contribution in [2.75, 3.05) is 76.0 Å². The Morgan fingerprint density at radius 2 is 0.693 bits per heavy atom. The maximum absolute atomic E-state index is 8.49. The van der Waals surface area contributed by atoms with E-state index in [0.29, 0.717) is 47.3 Å². The van der Waals surface area contributed by atoms with Crippen LogP contribution >= 0.6 is 15.8 Å². The Balaban J connectivity index is 0.00000198. The summed E-state index contributed by atoms with van der Waals surface area (Å²) >= 11 is 0. The monoisotopic (exact) mass is 1330 g/mol. The van der Waals surface area contributed by atoms with Gasteiger partial charge in [-0.15, -0.1) is 23.7 Å². The van der Waals surface area contributed by atoms with Gasteiger partial charge in [0.2, 0.25) is 0 Å². The number of halogens is 1. The van der Waals surface area contributed by atoms with Crippen molar-refractivity contribution in [3.63, 3.8) is 0 Å². The topological polar surface area (TPSA) is 105 Å². The molecule has 0 spiro atoms. The molecule has 0 bridgehead atoms. The van der Waals surface area contributed by atoms with Gasteiger partial charge in [-0.05, 0) is 197 Å². The SMILES string of the molecule is CC(C)c1cc(P(c2cc(C(C)C)c(N(C)C)c(C(C)C)c2)c2ccc3ccccc3c2C2c3ccccc3C=C[C-]2P(c2cc(C(C)C)c(N(C)C)c(C(C)C)c2)c2cc(C(C)C)c(N(C)C)c(C(C)C)c2)cc(C(C)C)c1N(C)C.[O-][Cl+3]([O-])([O-])[O-].[Rh+2]. The molecule has 0 heterocycles. The first-order chi connectivity index (χ1) is 40.7. The van der Waals surface area contributed by atoms with Gasteiger partial charge in [0.15, 0.2) is 0 Å². The van der Waals surface area contributed by atoms with Crippen LogP contribution in [0.25, 0.3) is 16.8 Å². The van der Waals surface area contributed by atoms with Crippen molar-refractivity contribution in [2.45, 2.75) is 164 Å². The van der Waals surface area contributed by atoms with Crippen molar-refractivity contribution in [1.29, 1.82) is 0 Å². The van der Waals surface area contributed by atoms with Crippen molar-refractivity contribution in [1.82, 2.24) is 0 Å². The molecule has 1 radical (unpaired) electrons. The van der Waals surface area contributed by atoms with Crippen LogP contribution in [0.1, 0.15) is 225 Å². The molecule has 0 fully saturated rings. The van der Waals surface area contributed by atoms with Crippen molar-refractivity contribution < 1.29 is 48.4 Å². The fourth-order valence-electron chi connectivity index (χ4n) is 13.3. The van der Waals surface area contributed by atoms with E-state index in [1.165, 1.54) is 127 Å². The summed E-state index contributed by atoms with van der Waals surface area (Å²) in [5, 5.41) is 9.81. The molecule has 0 N–H and O–H groups in total. The number of fused-ring (bicyclic) bond motifs is 2. The molecule has 0 aromatic heterocycles. The minimum atomic E-state index is -4.94.